The fraction of sp³-hybridized carbons (Fsp3) is 0.207. The minimum absolute atomic E-state index is 0. The predicted molar refractivity (Wildman–Crippen MR) is 531 cm³/mol. The number of halogens is 10. The van der Waals surface area contributed by atoms with Gasteiger partial charge in [-0.15, -0.1) is 166 Å². The molecule has 2 aliphatic rings. The molecule has 15 rings (SSSR count). The van der Waals surface area contributed by atoms with E-state index in [1.807, 2.05) is 91.4 Å². The van der Waals surface area contributed by atoms with E-state index < -0.39 is 46.7 Å². The first kappa shape index (κ1) is 137. The molecule has 18 nitrogen and oxygen atoms in total. The van der Waals surface area contributed by atoms with Crippen molar-refractivity contribution in [2.45, 2.75) is 154 Å². The molecule has 13 aromatic rings. The van der Waals surface area contributed by atoms with E-state index in [0.29, 0.717) is 35.3 Å². The second kappa shape index (κ2) is 68.6. The van der Waals surface area contributed by atoms with E-state index >= 15 is 0 Å². The first-order valence-electron chi connectivity index (χ1n) is 42.6. The van der Waals surface area contributed by atoms with Crippen LogP contribution in [0.15, 0.2) is 308 Å². The average Bonchev–Trinajstić information content (AvgIpc) is 0.715. The van der Waals surface area contributed by atoms with Crippen molar-refractivity contribution in [2.75, 3.05) is 0 Å². The topological polar surface area (TPSA) is 327 Å². The Morgan fingerprint density at radius 2 is 0.710 bits per heavy atom. The molecule has 145 heavy (non-hydrogen) atoms. The molecule has 0 spiro atoms. The first-order valence-corrected chi connectivity index (χ1v) is 42.6. The summed E-state index contributed by atoms with van der Waals surface area (Å²) in [5.74, 6) is -2.46. The average molecular weight is 3070 g/mol. The molecule has 0 saturated heterocycles. The molecule has 6 heterocycles. The number of hydrogen-bond donors (Lipinski definition) is 6. The van der Waals surface area contributed by atoms with Gasteiger partial charge < -0.3 is 60.5 Å². The van der Waals surface area contributed by atoms with E-state index in [9.17, 15) is 43.9 Å². The number of ketones is 6. The molecule has 0 unspecified atom stereocenters. The standard InChI is InChI=1S/C17H18N.C15H10N.C13H8F4N.C13H10N.C12H6F4N.C11H6F2N.6C5H8O2.3Ir.3Pt/c1-16(2)13-9-6-5-8-12(13)15-14(17(16,3)4)10-7-11-18-15;1-2-7-13(8-3-1)15-14-9-5-4-6-12(14)10-11-16-15;1-8-4-5-18-12(6-8)9-2-3-11(14)10(7-9)13(15,16)17;1-2-6-12-10(4-1)7-8-11-5-3-9-14-13(11)12;13-10-5-4-8(7-9(10)12(14,15)16)11-3-1-2-6-17-11;12-8-4-5-9(10(13)7-8)11-3-1-2-6-14-11;6*1-4(6)3-5(2)7;;;;;;/h5-7,9-11H,1-4H3;1-7,9-11H;3-7H,1H3;1-5,9H,7-8H2;1-3,5-7H;1-4,6-7H;6*3,6H,1-2H3;;;;;;/q6*-1;;;;;;;;;;;;/p+6. The number of fused-ring (bicyclic) bond motifs is 7. The number of alkyl halides is 6. The van der Waals surface area contributed by atoms with Gasteiger partial charge in [-0.2, -0.15) is 26.3 Å². The number of hydrogen-bond acceptors (Lipinski definition) is 12. The van der Waals surface area contributed by atoms with Crippen molar-refractivity contribution in [3.8, 4) is 67.5 Å². The fourth-order valence-corrected chi connectivity index (χ4v) is 12.7. The zero-order valence-corrected chi connectivity index (χ0v) is 95.7. The van der Waals surface area contributed by atoms with Crippen molar-refractivity contribution >= 4 is 45.5 Å². The molecule has 0 atom stereocenters. The number of aliphatic hydroxyl groups excluding tert-OH is 6. The zero-order chi connectivity index (χ0) is 104. The Morgan fingerprint density at radius 1 is 0.331 bits per heavy atom. The van der Waals surface area contributed by atoms with Crippen LogP contribution in [-0.2, 0) is 160 Å². The molecule has 0 bridgehead atoms. The quantitative estimate of drug-likeness (QED) is 0.0245. The molecule has 7 aromatic carbocycles. The SMILES string of the molecule is CC(=[OH+])C=C(C)O.CC(=[OH+])C=C(C)O.CC(=[OH+])C=C(C)O.CC(=[OH+])C=C(C)O.CC(=[OH+])C=C(C)O.CC(=[OH+])C=C(C)O.CC1(C)c2ccc[c-]c2-c2ncccc2C1(C)C.Cc1ccnc(-c2[c-]cc(F)c(C(F)(F)F)c2)c1.Fc1c[c-]c(-c2ccccn2)c(F)c1.Fc1c[c-]c(-c2ccccn2)cc1C(F)(F)F.[Ir].[Ir].[Ir].[Pt].[Pt].[Pt].[c-]1cccc2c1-c1ncccc1CC2.[c-]1ccccc1-c1nccc2ccccc12. The smallest absolute Gasteiger partial charge is 0.402 e. The van der Waals surface area contributed by atoms with Crippen LogP contribution in [0.5, 0.6) is 0 Å². The normalized spacial score (nSPS) is 11.9. The molecule has 0 fully saturated rings. The van der Waals surface area contributed by atoms with Crippen molar-refractivity contribution in [3.05, 3.63) is 407 Å². The van der Waals surface area contributed by atoms with E-state index in [-0.39, 0.29) is 220 Å². The molecule has 785 valence electrons. The summed E-state index contributed by atoms with van der Waals surface area (Å²) in [6, 6.07) is 74.3. The largest absolute Gasteiger partial charge is 0.512 e. The molecule has 0 saturated carbocycles. The van der Waals surface area contributed by atoms with E-state index in [1.54, 1.807) is 55.6 Å². The molecule has 0 aliphatic heterocycles. The van der Waals surface area contributed by atoms with E-state index in [1.165, 1.54) is 177 Å². The number of aliphatic hydroxyl groups is 6. The Bertz CT molecular complexity index is 6170. The van der Waals surface area contributed by atoms with Gasteiger partial charge in [0, 0.05) is 195 Å². The van der Waals surface area contributed by atoms with Crippen LogP contribution < -0.4 is 0 Å². The van der Waals surface area contributed by atoms with Crippen LogP contribution in [0, 0.1) is 66.6 Å². The van der Waals surface area contributed by atoms with Gasteiger partial charge in [-0.1, -0.05) is 129 Å². The van der Waals surface area contributed by atoms with Crippen LogP contribution in [0.25, 0.3) is 78.3 Å². The van der Waals surface area contributed by atoms with Crippen LogP contribution in [-0.4, -0.2) is 124 Å². The number of aromatic nitrogens is 6. The monoisotopic (exact) mass is 3070 g/mol. The van der Waals surface area contributed by atoms with Crippen molar-refractivity contribution < 1.29 is 227 Å². The summed E-state index contributed by atoms with van der Waals surface area (Å²) in [6.45, 7) is 29.0. The number of aryl methyl sites for hydroxylation is 3. The van der Waals surface area contributed by atoms with Crippen LogP contribution in [0.1, 0.15) is 150 Å². The molecular weight excluding hydrogens is 2960 g/mol. The maximum absolute atomic E-state index is 13.2. The molecule has 12 N–H and O–H groups in total. The third-order valence-electron chi connectivity index (χ3n) is 19.0. The van der Waals surface area contributed by atoms with E-state index in [0.717, 1.165) is 64.8 Å². The number of nitrogens with zero attached hydrogens (tertiary/aromatic N) is 6. The van der Waals surface area contributed by atoms with Gasteiger partial charge in [-0.05, 0) is 147 Å². The van der Waals surface area contributed by atoms with Crippen molar-refractivity contribution in [1.82, 2.24) is 29.9 Å². The Hall–Kier alpha value is -11.7. The minimum Gasteiger partial charge on any atom is -0.512 e. The molecule has 3 radical (unpaired) electrons. The van der Waals surface area contributed by atoms with Crippen LogP contribution in [0.4, 0.5) is 43.9 Å². The summed E-state index contributed by atoms with van der Waals surface area (Å²) < 4.78 is 127. The Kier molecular flexibility index (Phi) is 65.0. The molecule has 0 amide bonds. The van der Waals surface area contributed by atoms with Gasteiger partial charge in [0.05, 0.1) is 113 Å². The Morgan fingerprint density at radius 3 is 1.14 bits per heavy atom. The summed E-state index contributed by atoms with van der Waals surface area (Å²) in [5.41, 5.74) is 11.9. The number of carbonyl (C=O) groups excluding carboxylic acids is 6. The summed E-state index contributed by atoms with van der Waals surface area (Å²) in [4.78, 5) is 75.7. The van der Waals surface area contributed by atoms with Gasteiger partial charge >= 0.3 is 47.1 Å². The first-order chi connectivity index (χ1) is 65.2. The van der Waals surface area contributed by atoms with Crippen molar-refractivity contribution in [1.29, 1.82) is 0 Å². The fourth-order valence-electron chi connectivity index (χ4n) is 12.7. The second-order valence-electron chi connectivity index (χ2n) is 31.8. The number of benzene rings is 7. The summed E-state index contributed by atoms with van der Waals surface area (Å²) in [6.07, 6.45) is 10.5. The van der Waals surface area contributed by atoms with Crippen LogP contribution in [0.2, 0.25) is 0 Å². The van der Waals surface area contributed by atoms with Crippen molar-refractivity contribution in [3.63, 3.8) is 0 Å². The van der Waals surface area contributed by atoms with E-state index in [4.69, 9.17) is 59.4 Å². The number of rotatable bonds is 10. The van der Waals surface area contributed by atoms with Gasteiger partial charge in [0.25, 0.3) is 0 Å². The Labute approximate surface area is 922 Å². The third-order valence-corrected chi connectivity index (χ3v) is 19.0. The zero-order valence-electron chi connectivity index (χ0n) is 81.7. The molecule has 6 aromatic heterocycles. The maximum atomic E-state index is 13.2. The number of pyridine rings is 6. The molecular formula is C111H112F10Ir3N6O12Pt3. The van der Waals surface area contributed by atoms with Gasteiger partial charge in [0.15, 0.2) is 0 Å². The third kappa shape index (κ3) is 49.8. The van der Waals surface area contributed by atoms with Gasteiger partial charge in [0.2, 0.25) is 0 Å². The maximum Gasteiger partial charge on any atom is 0.402 e. The molecule has 34 heteroatoms. The van der Waals surface area contributed by atoms with Gasteiger partial charge in [0.1, 0.15) is 0 Å². The number of allylic oxidation sites excluding steroid dienone is 12. The van der Waals surface area contributed by atoms with Crippen molar-refractivity contribution in [2.24, 2.45) is 0 Å². The molecule has 2 aliphatic carbocycles. The Balaban J connectivity index is -0.00000154. The summed E-state index contributed by atoms with van der Waals surface area (Å²) in [7, 11) is 0. The van der Waals surface area contributed by atoms with Crippen LogP contribution >= 0.6 is 0 Å². The predicted octanol–water partition coefficient (Wildman–Crippen LogP) is 27.1. The summed E-state index contributed by atoms with van der Waals surface area (Å²) in [5, 5.41) is 52.8. The van der Waals surface area contributed by atoms with Gasteiger partial charge in [-0.3, -0.25) is 46.3 Å². The second-order valence-corrected chi connectivity index (χ2v) is 31.8. The summed E-state index contributed by atoms with van der Waals surface area (Å²) >= 11 is 0. The van der Waals surface area contributed by atoms with E-state index in [2.05, 4.69) is 136 Å². The minimum atomic E-state index is -4.72. The van der Waals surface area contributed by atoms with Gasteiger partial charge in [-0.25, -0.2) is 0 Å². The van der Waals surface area contributed by atoms with Crippen LogP contribution in [0.3, 0.4) is 0 Å².